The van der Waals surface area contributed by atoms with Gasteiger partial charge in [-0.1, -0.05) is 28.1 Å². The first-order chi connectivity index (χ1) is 18.8. The normalized spacial score (nSPS) is 14.1. The molecule has 202 valence electrons. The molecule has 3 aromatic rings. The summed E-state index contributed by atoms with van der Waals surface area (Å²) in [6.45, 7) is 2.27. The molecule has 3 amide bonds. The van der Waals surface area contributed by atoms with E-state index in [1.165, 1.54) is 0 Å². The number of carbonyl (C=O) groups is 3. The average Bonchev–Trinajstić information content (AvgIpc) is 3.17. The molecule has 0 atom stereocenters. The molecule has 39 heavy (non-hydrogen) atoms. The topological polar surface area (TPSA) is 94.2 Å². The highest BCUT2D eigenvalue weighted by molar-refractivity contribution is 14.1. The quantitative estimate of drug-likeness (QED) is 0.184. The Hall–Kier alpha value is -3.03. The lowest BCUT2D eigenvalue weighted by Crippen LogP contribution is -2.36. The second kappa shape index (κ2) is 13.4. The smallest absolute Gasteiger partial charge is 0.294 e. The van der Waals surface area contributed by atoms with Crippen LogP contribution < -0.4 is 19.5 Å². The van der Waals surface area contributed by atoms with Crippen molar-refractivity contribution in [3.05, 3.63) is 84.7 Å². The Labute approximate surface area is 252 Å². The molecule has 1 N–H and O–H groups in total. The Kier molecular flexibility index (Phi) is 9.92. The summed E-state index contributed by atoms with van der Waals surface area (Å²) in [6, 6.07) is 18.2. The van der Waals surface area contributed by atoms with E-state index < -0.39 is 23.6 Å². The van der Waals surface area contributed by atoms with Gasteiger partial charge in [-0.25, -0.2) is 0 Å². The number of methoxy groups -OCH3 is 1. The van der Waals surface area contributed by atoms with Crippen LogP contribution in [0.2, 0.25) is 0 Å². The maximum atomic E-state index is 13.0. The minimum Gasteiger partial charge on any atom is -0.497 e. The summed E-state index contributed by atoms with van der Waals surface area (Å²) >= 11 is 6.38. The number of imide groups is 1. The number of hydrogen-bond acceptors (Lipinski definition) is 7. The van der Waals surface area contributed by atoms with E-state index in [1.807, 2.05) is 37.3 Å². The monoisotopic (exact) mass is 722 g/mol. The third-order valence-corrected chi connectivity index (χ3v) is 7.71. The zero-order valence-corrected chi connectivity index (χ0v) is 25.6. The van der Waals surface area contributed by atoms with Gasteiger partial charge >= 0.3 is 0 Å². The number of nitrogens with zero attached hydrogens (tertiary/aromatic N) is 1. The maximum absolute atomic E-state index is 13.0. The lowest BCUT2D eigenvalue weighted by molar-refractivity contribution is -0.127. The molecule has 1 saturated heterocycles. The van der Waals surface area contributed by atoms with Crippen LogP contribution in [0.25, 0.3) is 6.08 Å². The summed E-state index contributed by atoms with van der Waals surface area (Å²) in [5, 5.41) is 2.18. The second-order valence-electron chi connectivity index (χ2n) is 8.22. The first kappa shape index (κ1) is 29.0. The average molecular weight is 723 g/mol. The van der Waals surface area contributed by atoms with Crippen LogP contribution in [0.15, 0.2) is 70.0 Å². The van der Waals surface area contributed by atoms with Crippen LogP contribution in [-0.2, 0) is 16.2 Å². The van der Waals surface area contributed by atoms with Crippen molar-refractivity contribution >= 4 is 79.1 Å². The van der Waals surface area contributed by atoms with E-state index in [2.05, 4.69) is 43.8 Å². The summed E-state index contributed by atoms with van der Waals surface area (Å²) in [5.41, 5.74) is 2.21. The molecule has 8 nitrogen and oxygen atoms in total. The Morgan fingerprint density at radius 2 is 1.79 bits per heavy atom. The number of nitrogens with one attached hydrogen (secondary N) is 1. The van der Waals surface area contributed by atoms with E-state index in [4.69, 9.17) is 14.2 Å². The van der Waals surface area contributed by atoms with Crippen molar-refractivity contribution in [2.45, 2.75) is 13.5 Å². The van der Waals surface area contributed by atoms with Gasteiger partial charge in [0.15, 0.2) is 11.5 Å². The Morgan fingerprint density at radius 1 is 1.08 bits per heavy atom. The molecule has 3 aromatic carbocycles. The highest BCUT2D eigenvalue weighted by Gasteiger charge is 2.36. The van der Waals surface area contributed by atoms with E-state index in [0.29, 0.717) is 41.7 Å². The summed E-state index contributed by atoms with van der Waals surface area (Å²) in [7, 11) is 1.55. The molecule has 0 unspecified atom stereocenters. The van der Waals surface area contributed by atoms with Gasteiger partial charge in [-0.2, -0.15) is 0 Å². The summed E-state index contributed by atoms with van der Waals surface area (Å²) < 4.78 is 18.8. The van der Waals surface area contributed by atoms with Gasteiger partial charge in [0.1, 0.15) is 18.9 Å². The van der Waals surface area contributed by atoms with E-state index in [1.54, 1.807) is 43.5 Å². The van der Waals surface area contributed by atoms with Gasteiger partial charge < -0.3 is 19.5 Å². The number of rotatable bonds is 10. The van der Waals surface area contributed by atoms with Crippen LogP contribution in [0.3, 0.4) is 0 Å². The van der Waals surface area contributed by atoms with Crippen molar-refractivity contribution in [3.8, 4) is 17.2 Å². The SMILES string of the molecule is CCOc1cc(/C=C2/SC(=O)N(CC(=O)Nc3ccc(OC)cc3)C2=O)cc(I)c1OCc1ccc(Br)cc1. The number of hydrogen-bond donors (Lipinski definition) is 1. The van der Waals surface area contributed by atoms with E-state index in [0.717, 1.165) is 30.3 Å². The van der Waals surface area contributed by atoms with Gasteiger partial charge in [0.05, 0.1) is 22.2 Å². The minimum atomic E-state index is -0.529. The molecule has 0 saturated carbocycles. The predicted molar refractivity (Wildman–Crippen MR) is 163 cm³/mol. The third-order valence-electron chi connectivity index (χ3n) is 5.47. The molecular weight excluding hydrogens is 699 g/mol. The van der Waals surface area contributed by atoms with Crippen LogP contribution in [0, 0.1) is 3.57 Å². The van der Waals surface area contributed by atoms with Gasteiger partial charge in [0.25, 0.3) is 11.1 Å². The molecule has 4 rings (SSSR count). The summed E-state index contributed by atoms with van der Waals surface area (Å²) in [5.74, 6) is 0.768. The molecule has 0 radical (unpaired) electrons. The molecule has 11 heteroatoms. The first-order valence-electron chi connectivity index (χ1n) is 11.8. The van der Waals surface area contributed by atoms with E-state index in [-0.39, 0.29) is 4.91 Å². The first-order valence-corrected chi connectivity index (χ1v) is 14.5. The number of anilines is 1. The second-order valence-corrected chi connectivity index (χ2v) is 11.3. The molecule has 0 spiro atoms. The van der Waals surface area contributed by atoms with Gasteiger partial charge in [-0.3, -0.25) is 19.3 Å². The fraction of sp³-hybridized carbons (Fsp3) is 0.179. The highest BCUT2D eigenvalue weighted by Crippen LogP contribution is 2.38. The van der Waals surface area contributed by atoms with Crippen LogP contribution >= 0.6 is 50.3 Å². The van der Waals surface area contributed by atoms with E-state index in [9.17, 15) is 14.4 Å². The maximum Gasteiger partial charge on any atom is 0.294 e. The lowest BCUT2D eigenvalue weighted by Gasteiger charge is -2.15. The number of ether oxygens (including phenoxy) is 3. The molecule has 0 aliphatic carbocycles. The standard InChI is InChI=1S/C28H24BrIN2O6S/c1-3-37-23-13-18(12-22(30)26(23)38-16-17-4-6-19(29)7-5-17)14-24-27(34)32(28(35)39-24)15-25(33)31-20-8-10-21(36-2)11-9-20/h4-14H,3,15-16H2,1-2H3,(H,31,33)/b24-14+. The Balaban J connectivity index is 1.46. The lowest BCUT2D eigenvalue weighted by atomic mass is 10.1. The van der Waals surface area contributed by atoms with Gasteiger partial charge in [-0.15, -0.1) is 0 Å². The zero-order chi connectivity index (χ0) is 27.9. The molecule has 0 bridgehead atoms. The minimum absolute atomic E-state index is 0.221. The molecule has 1 fully saturated rings. The van der Waals surface area contributed by atoms with Crippen molar-refractivity contribution < 1.29 is 28.6 Å². The fourth-order valence-electron chi connectivity index (χ4n) is 3.62. The largest absolute Gasteiger partial charge is 0.497 e. The number of benzene rings is 3. The van der Waals surface area contributed by atoms with Crippen molar-refractivity contribution in [2.24, 2.45) is 0 Å². The van der Waals surface area contributed by atoms with Crippen molar-refractivity contribution in [1.82, 2.24) is 4.90 Å². The molecule has 1 heterocycles. The Morgan fingerprint density at radius 3 is 2.46 bits per heavy atom. The van der Waals surface area contributed by atoms with Crippen molar-refractivity contribution in [3.63, 3.8) is 0 Å². The predicted octanol–water partition coefficient (Wildman–Crippen LogP) is 6.72. The van der Waals surface area contributed by atoms with Gasteiger partial charge in [0.2, 0.25) is 5.91 Å². The van der Waals surface area contributed by atoms with Crippen LogP contribution in [-0.4, -0.2) is 42.2 Å². The van der Waals surface area contributed by atoms with Crippen molar-refractivity contribution in [2.75, 3.05) is 25.6 Å². The highest BCUT2D eigenvalue weighted by atomic mass is 127. The number of amides is 3. The van der Waals surface area contributed by atoms with Gasteiger partial charge in [0, 0.05) is 10.2 Å². The number of halogens is 2. The number of carbonyl (C=O) groups excluding carboxylic acids is 3. The number of thioether (sulfide) groups is 1. The van der Waals surface area contributed by atoms with Crippen LogP contribution in [0.5, 0.6) is 17.2 Å². The fourth-order valence-corrected chi connectivity index (χ4v) is 5.50. The molecule has 0 aromatic heterocycles. The van der Waals surface area contributed by atoms with Crippen LogP contribution in [0.1, 0.15) is 18.1 Å². The third kappa shape index (κ3) is 7.55. The van der Waals surface area contributed by atoms with Crippen LogP contribution in [0.4, 0.5) is 10.5 Å². The van der Waals surface area contributed by atoms with Gasteiger partial charge in [-0.05, 0) is 107 Å². The van der Waals surface area contributed by atoms with E-state index >= 15 is 0 Å². The molecule has 1 aliphatic heterocycles. The summed E-state index contributed by atoms with van der Waals surface area (Å²) in [4.78, 5) is 39.2. The molecule has 1 aliphatic rings. The Bertz CT molecular complexity index is 1410. The summed E-state index contributed by atoms with van der Waals surface area (Å²) in [6.07, 6.45) is 1.62. The van der Waals surface area contributed by atoms with Crippen molar-refractivity contribution in [1.29, 1.82) is 0 Å². The molecular formula is C28H24BrIN2O6S. The zero-order valence-electron chi connectivity index (χ0n) is 21.0.